The van der Waals surface area contributed by atoms with Crippen molar-refractivity contribution in [1.82, 2.24) is 14.9 Å². The number of nitrogens with zero attached hydrogens (tertiary/aromatic N) is 5. The van der Waals surface area contributed by atoms with Crippen molar-refractivity contribution in [2.45, 2.75) is 85.0 Å². The Bertz CT molecular complexity index is 1240. The monoisotopic (exact) mass is 534 g/mol. The smallest absolute Gasteiger partial charge is 0.410 e. The van der Waals surface area contributed by atoms with Crippen molar-refractivity contribution in [3.8, 4) is 0 Å². The number of piperazine rings is 1. The molecule has 9 heteroatoms. The second-order valence-electron chi connectivity index (χ2n) is 12.4. The first kappa shape index (κ1) is 27.2. The van der Waals surface area contributed by atoms with Gasteiger partial charge in [0.05, 0.1) is 6.04 Å². The summed E-state index contributed by atoms with van der Waals surface area (Å²) in [5.41, 5.74) is 3.52. The molecule has 2 aromatic rings. The van der Waals surface area contributed by atoms with Gasteiger partial charge < -0.3 is 24.8 Å². The number of carbonyl (C=O) groups excluding carboxylic acids is 2. The van der Waals surface area contributed by atoms with Crippen LogP contribution < -0.4 is 15.1 Å². The molecule has 39 heavy (non-hydrogen) atoms. The Kier molecular flexibility index (Phi) is 7.20. The van der Waals surface area contributed by atoms with Gasteiger partial charge in [-0.15, -0.1) is 0 Å². The predicted molar refractivity (Wildman–Crippen MR) is 153 cm³/mol. The highest BCUT2D eigenvalue weighted by atomic mass is 16.6. The predicted octanol–water partition coefficient (Wildman–Crippen LogP) is 5.17. The van der Waals surface area contributed by atoms with Gasteiger partial charge in [0.1, 0.15) is 5.60 Å². The molecule has 0 bridgehead atoms. The number of carbonyl (C=O) groups is 2. The lowest BCUT2D eigenvalue weighted by molar-refractivity contribution is -0.117. The Morgan fingerprint density at radius 1 is 1.10 bits per heavy atom. The standard InChI is InChI=1S/C30H42N6O3/c1-18-12-13-31-28(32-18)33-26-20(3)27(22-8-9-22)36(21(4)37)25-11-10-23(16-24(25)26)34-14-15-35(19(2)17-34)29(38)39-30(5,6)7/h10-13,16,19-20,22,26-27H,8-9,14-15,17H2,1-7H3,(H,31,32,33)/t19-,20+,26?,27+/m0/s1. The molecule has 1 saturated heterocycles. The van der Waals surface area contributed by atoms with Gasteiger partial charge >= 0.3 is 6.09 Å². The molecule has 1 saturated carbocycles. The molecule has 2 amide bonds. The normalized spacial score (nSPS) is 25.3. The summed E-state index contributed by atoms with van der Waals surface area (Å²) < 4.78 is 5.63. The average Bonchev–Trinajstić information content (AvgIpc) is 3.69. The summed E-state index contributed by atoms with van der Waals surface area (Å²) in [7, 11) is 0. The average molecular weight is 535 g/mol. The largest absolute Gasteiger partial charge is 0.444 e. The lowest BCUT2D eigenvalue weighted by Gasteiger charge is -2.46. The fraction of sp³-hybridized carbons (Fsp3) is 0.600. The Labute approximate surface area is 231 Å². The second kappa shape index (κ2) is 10.3. The topological polar surface area (TPSA) is 90.9 Å². The van der Waals surface area contributed by atoms with E-state index in [0.29, 0.717) is 31.5 Å². The number of hydrogen-bond acceptors (Lipinski definition) is 7. The van der Waals surface area contributed by atoms with Gasteiger partial charge in [-0.25, -0.2) is 14.8 Å². The van der Waals surface area contributed by atoms with Gasteiger partial charge in [-0.1, -0.05) is 6.92 Å². The van der Waals surface area contributed by atoms with Gasteiger partial charge in [0, 0.05) is 73.4 Å². The fourth-order valence-electron chi connectivity index (χ4n) is 6.19. The molecule has 1 aromatic heterocycles. The maximum absolute atomic E-state index is 13.0. The first-order valence-electron chi connectivity index (χ1n) is 14.2. The van der Waals surface area contributed by atoms with Crippen molar-refractivity contribution in [3.05, 3.63) is 41.7 Å². The van der Waals surface area contributed by atoms with Crippen LogP contribution in [0.15, 0.2) is 30.5 Å². The van der Waals surface area contributed by atoms with E-state index < -0.39 is 5.60 Å². The van der Waals surface area contributed by atoms with Gasteiger partial charge in [-0.3, -0.25) is 4.79 Å². The molecular formula is C30H42N6O3. The maximum Gasteiger partial charge on any atom is 0.410 e. The van der Waals surface area contributed by atoms with E-state index in [2.05, 4.69) is 52.2 Å². The molecule has 1 aromatic carbocycles. The lowest BCUT2D eigenvalue weighted by Crippen LogP contribution is -2.55. The highest BCUT2D eigenvalue weighted by Crippen LogP contribution is 2.50. The minimum absolute atomic E-state index is 0.00568. The van der Waals surface area contributed by atoms with E-state index in [4.69, 9.17) is 4.74 Å². The van der Waals surface area contributed by atoms with Crippen LogP contribution in [0.2, 0.25) is 0 Å². The Hall–Kier alpha value is -3.36. The van der Waals surface area contributed by atoms with Crippen molar-refractivity contribution in [1.29, 1.82) is 0 Å². The number of fused-ring (bicyclic) bond motifs is 1. The number of anilines is 3. The Morgan fingerprint density at radius 2 is 1.85 bits per heavy atom. The third-order valence-electron chi connectivity index (χ3n) is 8.11. The number of amides is 2. The molecule has 0 spiro atoms. The third-order valence-corrected chi connectivity index (χ3v) is 8.11. The van der Waals surface area contributed by atoms with E-state index in [1.54, 1.807) is 13.1 Å². The van der Waals surface area contributed by atoms with Crippen LogP contribution in [0, 0.1) is 18.8 Å². The van der Waals surface area contributed by atoms with Gasteiger partial charge in [-0.05, 0) is 77.6 Å². The molecule has 210 valence electrons. The number of ether oxygens (including phenoxy) is 1. The van der Waals surface area contributed by atoms with Crippen LogP contribution in [0.4, 0.5) is 22.1 Å². The number of nitrogens with one attached hydrogen (secondary N) is 1. The lowest BCUT2D eigenvalue weighted by atomic mass is 9.79. The van der Waals surface area contributed by atoms with Crippen LogP contribution in [-0.2, 0) is 9.53 Å². The first-order chi connectivity index (χ1) is 18.4. The van der Waals surface area contributed by atoms with Crippen LogP contribution in [0.5, 0.6) is 0 Å². The second-order valence-corrected chi connectivity index (χ2v) is 12.4. The summed E-state index contributed by atoms with van der Waals surface area (Å²) in [5, 5.41) is 3.63. The minimum atomic E-state index is -0.521. The number of rotatable bonds is 4. The number of aromatic nitrogens is 2. The van der Waals surface area contributed by atoms with Crippen LogP contribution in [0.25, 0.3) is 0 Å². The molecule has 5 rings (SSSR count). The zero-order chi connectivity index (χ0) is 28.1. The summed E-state index contributed by atoms with van der Waals surface area (Å²) >= 11 is 0. The summed E-state index contributed by atoms with van der Waals surface area (Å²) in [6, 6.07) is 8.43. The zero-order valence-electron chi connectivity index (χ0n) is 24.3. The number of aryl methyl sites for hydroxylation is 1. The van der Waals surface area contributed by atoms with Gasteiger partial charge in [0.25, 0.3) is 0 Å². The molecule has 2 fully saturated rings. The van der Waals surface area contributed by atoms with Crippen molar-refractivity contribution in [3.63, 3.8) is 0 Å². The van der Waals surface area contributed by atoms with Gasteiger partial charge in [0.15, 0.2) is 0 Å². The van der Waals surface area contributed by atoms with Crippen LogP contribution in [0.3, 0.4) is 0 Å². The molecule has 3 aliphatic rings. The maximum atomic E-state index is 13.0. The van der Waals surface area contributed by atoms with Crippen molar-refractivity contribution < 1.29 is 14.3 Å². The number of benzene rings is 1. The Balaban J connectivity index is 1.46. The molecule has 2 aliphatic heterocycles. The number of hydrogen-bond donors (Lipinski definition) is 1. The molecule has 1 unspecified atom stereocenters. The highest BCUT2D eigenvalue weighted by Gasteiger charge is 2.48. The quantitative estimate of drug-likeness (QED) is 0.579. The fourth-order valence-corrected chi connectivity index (χ4v) is 6.19. The molecule has 1 aliphatic carbocycles. The van der Waals surface area contributed by atoms with Crippen molar-refractivity contribution in [2.24, 2.45) is 11.8 Å². The van der Waals surface area contributed by atoms with Crippen LogP contribution in [-0.4, -0.2) is 64.2 Å². The van der Waals surface area contributed by atoms with E-state index in [9.17, 15) is 9.59 Å². The molecule has 3 heterocycles. The van der Waals surface area contributed by atoms with Crippen molar-refractivity contribution in [2.75, 3.05) is 34.8 Å². The molecule has 4 atom stereocenters. The third kappa shape index (κ3) is 5.68. The highest BCUT2D eigenvalue weighted by molar-refractivity contribution is 5.94. The van der Waals surface area contributed by atoms with E-state index in [0.717, 1.165) is 35.5 Å². The first-order valence-corrected chi connectivity index (χ1v) is 14.2. The van der Waals surface area contributed by atoms with E-state index in [1.807, 2.05) is 43.6 Å². The molecule has 0 radical (unpaired) electrons. The van der Waals surface area contributed by atoms with Crippen LogP contribution >= 0.6 is 0 Å². The summed E-state index contributed by atoms with van der Waals surface area (Å²) in [4.78, 5) is 41.0. The van der Waals surface area contributed by atoms with Crippen molar-refractivity contribution >= 4 is 29.3 Å². The Morgan fingerprint density at radius 3 is 2.46 bits per heavy atom. The zero-order valence-corrected chi connectivity index (χ0v) is 24.3. The minimum Gasteiger partial charge on any atom is -0.444 e. The summed E-state index contributed by atoms with van der Waals surface area (Å²) in [6.45, 7) is 15.6. The molecule has 9 nitrogen and oxygen atoms in total. The summed E-state index contributed by atoms with van der Waals surface area (Å²) in [5.74, 6) is 1.38. The van der Waals surface area contributed by atoms with Gasteiger partial charge in [-0.2, -0.15) is 0 Å². The van der Waals surface area contributed by atoms with Crippen LogP contribution in [0.1, 0.15) is 71.7 Å². The SMILES string of the molecule is CC(=O)N1c2ccc(N3CCN(C(=O)OC(C)(C)C)[C@@H](C)C3)cc2C(Nc2nccc(C)n2)[C@@H](C)[C@@H]1C1CC1. The molecular weight excluding hydrogens is 492 g/mol. The van der Waals surface area contributed by atoms with Gasteiger partial charge in [0.2, 0.25) is 11.9 Å². The molecule has 1 N–H and O–H groups in total. The van der Waals surface area contributed by atoms with E-state index >= 15 is 0 Å². The summed E-state index contributed by atoms with van der Waals surface area (Å²) in [6.07, 6.45) is 3.82. The van der Waals surface area contributed by atoms with E-state index in [-0.39, 0.29) is 36.0 Å². The van der Waals surface area contributed by atoms with E-state index in [1.165, 1.54) is 0 Å².